The van der Waals surface area contributed by atoms with Crippen LogP contribution in [0.1, 0.15) is 11.1 Å². The maximum atomic E-state index is 5.69. The number of hydrogen-bond acceptors (Lipinski definition) is 4. The van der Waals surface area contributed by atoms with Crippen LogP contribution < -0.4 is 5.32 Å². The number of nitrogens with one attached hydrogen (secondary N) is 1. The van der Waals surface area contributed by atoms with Crippen LogP contribution in [0, 0.1) is 6.92 Å². The van der Waals surface area contributed by atoms with Gasteiger partial charge in [0, 0.05) is 38.6 Å². The molecule has 0 spiro atoms. The zero-order valence-electron chi connectivity index (χ0n) is 10.6. The first kappa shape index (κ1) is 12.5. The third-order valence-electron chi connectivity index (χ3n) is 2.90. The van der Waals surface area contributed by atoms with Gasteiger partial charge in [0.1, 0.15) is 0 Å². The molecule has 4 heteroatoms. The lowest BCUT2D eigenvalue weighted by molar-refractivity contribution is 0.00883. The zero-order valence-corrected chi connectivity index (χ0v) is 10.6. The van der Waals surface area contributed by atoms with Gasteiger partial charge in [-0.15, -0.1) is 0 Å². The molecule has 1 fully saturated rings. The molecule has 0 aromatic carbocycles. The summed E-state index contributed by atoms with van der Waals surface area (Å²) in [7, 11) is 2.13. The average molecular weight is 235 g/mol. The molecule has 0 amide bonds. The molecule has 4 nitrogen and oxygen atoms in total. The maximum absolute atomic E-state index is 5.69. The predicted octanol–water partition coefficient (Wildman–Crippen LogP) is 0.810. The van der Waals surface area contributed by atoms with Gasteiger partial charge < -0.3 is 10.1 Å². The minimum atomic E-state index is 0.312. The van der Waals surface area contributed by atoms with Gasteiger partial charge >= 0.3 is 0 Å². The molecule has 1 unspecified atom stereocenters. The fraction of sp³-hybridized carbons (Fsp3) is 0.615. The maximum Gasteiger partial charge on any atom is 0.0826 e. The summed E-state index contributed by atoms with van der Waals surface area (Å²) in [5.41, 5.74) is 2.47. The number of pyridine rings is 1. The number of ether oxygens (including phenoxy) is 1. The summed E-state index contributed by atoms with van der Waals surface area (Å²) in [6.45, 7) is 6.71. The van der Waals surface area contributed by atoms with Gasteiger partial charge in [0.05, 0.1) is 12.7 Å². The summed E-state index contributed by atoms with van der Waals surface area (Å²) in [5, 5.41) is 3.35. The van der Waals surface area contributed by atoms with Crippen LogP contribution in [0.25, 0.3) is 0 Å². The van der Waals surface area contributed by atoms with Crippen LogP contribution >= 0.6 is 0 Å². The Bertz CT molecular complexity index is 350. The number of rotatable bonds is 4. The van der Waals surface area contributed by atoms with Crippen molar-refractivity contribution < 1.29 is 4.74 Å². The predicted molar refractivity (Wildman–Crippen MR) is 67.9 cm³/mol. The Kier molecular flexibility index (Phi) is 4.48. The first-order chi connectivity index (χ1) is 8.24. The normalized spacial score (nSPS) is 20.8. The fourth-order valence-corrected chi connectivity index (χ4v) is 2.16. The number of morpholine rings is 1. The van der Waals surface area contributed by atoms with Crippen LogP contribution in [-0.4, -0.2) is 49.3 Å². The van der Waals surface area contributed by atoms with Crippen molar-refractivity contribution in [3.05, 3.63) is 29.6 Å². The summed E-state index contributed by atoms with van der Waals surface area (Å²) >= 11 is 0. The molecule has 1 atom stereocenters. The number of hydrogen-bond donors (Lipinski definition) is 1. The highest BCUT2D eigenvalue weighted by molar-refractivity contribution is 5.16. The van der Waals surface area contributed by atoms with Crippen molar-refractivity contribution in [1.29, 1.82) is 0 Å². The van der Waals surface area contributed by atoms with Crippen LogP contribution in [0.2, 0.25) is 0 Å². The van der Waals surface area contributed by atoms with Crippen LogP contribution in [0.5, 0.6) is 0 Å². The molecule has 0 bridgehead atoms. The average Bonchev–Trinajstić information content (AvgIpc) is 2.30. The Labute approximate surface area is 103 Å². The van der Waals surface area contributed by atoms with Crippen LogP contribution in [0.15, 0.2) is 18.5 Å². The van der Waals surface area contributed by atoms with Gasteiger partial charge in [0.15, 0.2) is 0 Å². The monoisotopic (exact) mass is 235 g/mol. The SMILES string of the molecule is Cc1cncc(CN(C)CC2CNCCO2)c1. The van der Waals surface area contributed by atoms with Gasteiger partial charge in [-0.05, 0) is 25.1 Å². The second-order valence-electron chi connectivity index (χ2n) is 4.76. The first-order valence-corrected chi connectivity index (χ1v) is 6.15. The van der Waals surface area contributed by atoms with Crippen molar-refractivity contribution in [3.8, 4) is 0 Å². The summed E-state index contributed by atoms with van der Waals surface area (Å²) in [4.78, 5) is 6.50. The van der Waals surface area contributed by atoms with E-state index in [1.807, 2.05) is 12.4 Å². The number of nitrogens with zero attached hydrogens (tertiary/aromatic N) is 2. The number of aromatic nitrogens is 1. The summed E-state index contributed by atoms with van der Waals surface area (Å²) in [6, 6.07) is 2.18. The Hall–Kier alpha value is -0.970. The lowest BCUT2D eigenvalue weighted by atomic mass is 10.2. The molecule has 0 radical (unpaired) electrons. The molecular formula is C13H21N3O. The van der Waals surface area contributed by atoms with Gasteiger partial charge in [0.2, 0.25) is 0 Å². The molecule has 0 saturated carbocycles. The molecule has 0 aliphatic carbocycles. The van der Waals surface area contributed by atoms with Crippen molar-refractivity contribution in [3.63, 3.8) is 0 Å². The van der Waals surface area contributed by atoms with Crippen molar-refractivity contribution in [1.82, 2.24) is 15.2 Å². The second-order valence-corrected chi connectivity index (χ2v) is 4.76. The number of aryl methyl sites for hydroxylation is 1. The summed E-state index contributed by atoms with van der Waals surface area (Å²) < 4.78 is 5.69. The lowest BCUT2D eigenvalue weighted by Crippen LogP contribution is -2.44. The van der Waals surface area contributed by atoms with E-state index in [9.17, 15) is 0 Å². The quantitative estimate of drug-likeness (QED) is 0.838. The molecule has 1 N–H and O–H groups in total. The highest BCUT2D eigenvalue weighted by atomic mass is 16.5. The topological polar surface area (TPSA) is 37.4 Å². The molecule has 1 saturated heterocycles. The second kappa shape index (κ2) is 6.10. The molecule has 94 valence electrons. The standard InChI is InChI=1S/C13H21N3O/c1-11-5-12(7-15-6-11)9-16(2)10-13-8-14-3-4-17-13/h5-7,13-14H,3-4,8-10H2,1-2H3. The third kappa shape index (κ3) is 4.07. The molecule has 17 heavy (non-hydrogen) atoms. The molecule has 1 aliphatic heterocycles. The van der Waals surface area contributed by atoms with Gasteiger partial charge in [-0.2, -0.15) is 0 Å². The summed E-state index contributed by atoms with van der Waals surface area (Å²) in [6.07, 6.45) is 4.13. The minimum Gasteiger partial charge on any atom is -0.374 e. The Morgan fingerprint density at radius 3 is 3.12 bits per heavy atom. The van der Waals surface area contributed by atoms with Crippen LogP contribution in [0.4, 0.5) is 0 Å². The molecule has 1 aromatic rings. The van der Waals surface area contributed by atoms with E-state index in [1.165, 1.54) is 11.1 Å². The Morgan fingerprint density at radius 1 is 1.53 bits per heavy atom. The number of likely N-dealkylation sites (N-methyl/N-ethyl adjacent to an activating group) is 1. The van der Waals surface area contributed by atoms with Crippen molar-refractivity contribution in [2.45, 2.75) is 19.6 Å². The highest BCUT2D eigenvalue weighted by Gasteiger charge is 2.15. The fourth-order valence-electron chi connectivity index (χ4n) is 2.16. The van der Waals surface area contributed by atoms with Crippen LogP contribution in [0.3, 0.4) is 0 Å². The van der Waals surface area contributed by atoms with Crippen LogP contribution in [-0.2, 0) is 11.3 Å². The molecular weight excluding hydrogens is 214 g/mol. The largest absolute Gasteiger partial charge is 0.374 e. The van der Waals surface area contributed by atoms with Crippen molar-refractivity contribution in [2.24, 2.45) is 0 Å². The zero-order chi connectivity index (χ0) is 12.1. The van der Waals surface area contributed by atoms with E-state index >= 15 is 0 Å². The van der Waals surface area contributed by atoms with E-state index in [4.69, 9.17) is 4.74 Å². The van der Waals surface area contributed by atoms with Crippen molar-refractivity contribution >= 4 is 0 Å². The highest BCUT2D eigenvalue weighted by Crippen LogP contribution is 2.06. The van der Waals surface area contributed by atoms with E-state index in [0.29, 0.717) is 6.10 Å². The van der Waals surface area contributed by atoms with E-state index in [1.54, 1.807) is 0 Å². The van der Waals surface area contributed by atoms with Gasteiger partial charge in [-0.1, -0.05) is 6.07 Å². The van der Waals surface area contributed by atoms with E-state index in [-0.39, 0.29) is 0 Å². The van der Waals surface area contributed by atoms with Crippen molar-refractivity contribution in [2.75, 3.05) is 33.3 Å². The lowest BCUT2D eigenvalue weighted by Gasteiger charge is -2.28. The molecule has 1 aromatic heterocycles. The van der Waals surface area contributed by atoms with E-state index < -0.39 is 0 Å². The molecule has 2 heterocycles. The minimum absolute atomic E-state index is 0.312. The Balaban J connectivity index is 1.82. The Morgan fingerprint density at radius 2 is 2.41 bits per heavy atom. The third-order valence-corrected chi connectivity index (χ3v) is 2.90. The van der Waals surface area contributed by atoms with Gasteiger partial charge in [-0.3, -0.25) is 9.88 Å². The van der Waals surface area contributed by atoms with Gasteiger partial charge in [0.25, 0.3) is 0 Å². The summed E-state index contributed by atoms with van der Waals surface area (Å²) in [5.74, 6) is 0. The first-order valence-electron chi connectivity index (χ1n) is 6.15. The van der Waals surface area contributed by atoms with E-state index in [0.717, 1.165) is 32.8 Å². The smallest absolute Gasteiger partial charge is 0.0826 e. The van der Waals surface area contributed by atoms with Gasteiger partial charge in [-0.25, -0.2) is 0 Å². The molecule has 1 aliphatic rings. The van der Waals surface area contributed by atoms with E-state index in [2.05, 4.69) is 35.2 Å². The molecule has 2 rings (SSSR count).